The molecule has 2 unspecified atom stereocenters. The number of rotatable bonds is 1. The van der Waals surface area contributed by atoms with Crippen molar-refractivity contribution in [3.8, 4) is 0 Å². The van der Waals surface area contributed by atoms with Crippen molar-refractivity contribution >= 4 is 32.7 Å². The minimum atomic E-state index is 0.163. The molecule has 2 fully saturated rings. The number of fused-ring (bicyclic) bond motifs is 2. The van der Waals surface area contributed by atoms with Crippen molar-refractivity contribution in [1.29, 1.82) is 0 Å². The van der Waals surface area contributed by atoms with E-state index in [1.807, 2.05) is 18.2 Å². The van der Waals surface area contributed by atoms with Gasteiger partial charge in [-0.1, -0.05) is 35.2 Å². The van der Waals surface area contributed by atoms with Crippen molar-refractivity contribution in [2.45, 2.75) is 32.1 Å². The molecule has 3 nitrogen and oxygen atoms in total. The number of piperidine rings is 1. The number of aromatic nitrogens is 1. The molecule has 116 valence electrons. The minimum absolute atomic E-state index is 0.163. The summed E-state index contributed by atoms with van der Waals surface area (Å²) in [6.45, 7) is 1.86. The van der Waals surface area contributed by atoms with Gasteiger partial charge in [-0.05, 0) is 48.9 Å². The summed E-state index contributed by atoms with van der Waals surface area (Å²) in [4.78, 5) is 18.2. The molecule has 1 aromatic heterocycles. The third-order valence-corrected chi connectivity index (χ3v) is 5.88. The van der Waals surface area contributed by atoms with E-state index in [2.05, 4.69) is 31.9 Å². The molecule has 0 radical (unpaired) electrons. The number of halogens is 1. The van der Waals surface area contributed by atoms with E-state index in [1.165, 1.54) is 32.1 Å². The zero-order valence-electron chi connectivity index (χ0n) is 12.6. The van der Waals surface area contributed by atoms with Gasteiger partial charge in [0.2, 0.25) is 0 Å². The predicted octanol–water partition coefficient (Wildman–Crippen LogP) is 4.58. The van der Waals surface area contributed by atoms with Crippen molar-refractivity contribution in [2.24, 2.45) is 11.8 Å². The number of nitrogens with zero attached hydrogens (tertiary/aromatic N) is 1. The number of likely N-dealkylation sites (tertiary alicyclic amines) is 1. The van der Waals surface area contributed by atoms with Gasteiger partial charge in [-0.3, -0.25) is 4.79 Å². The molecule has 0 spiro atoms. The minimum Gasteiger partial charge on any atom is -0.351 e. The quantitative estimate of drug-likeness (QED) is 0.793. The van der Waals surface area contributed by atoms with E-state index in [9.17, 15) is 4.79 Å². The predicted molar refractivity (Wildman–Crippen MR) is 92.0 cm³/mol. The summed E-state index contributed by atoms with van der Waals surface area (Å²) in [6, 6.07) is 8.05. The molecule has 1 saturated heterocycles. The van der Waals surface area contributed by atoms with E-state index in [0.717, 1.165) is 46.0 Å². The summed E-state index contributed by atoms with van der Waals surface area (Å²) >= 11 is 3.48. The lowest BCUT2D eigenvalue weighted by Crippen LogP contribution is -2.44. The summed E-state index contributed by atoms with van der Waals surface area (Å²) in [5.41, 5.74) is 1.75. The van der Waals surface area contributed by atoms with E-state index in [1.54, 1.807) is 0 Å². The Bertz CT molecular complexity index is 708. The first-order valence-electron chi connectivity index (χ1n) is 8.28. The van der Waals surface area contributed by atoms with Crippen LogP contribution in [0.2, 0.25) is 0 Å². The number of carbonyl (C=O) groups is 1. The summed E-state index contributed by atoms with van der Waals surface area (Å²) in [5, 5.41) is 1.09. The van der Waals surface area contributed by atoms with E-state index in [-0.39, 0.29) is 5.91 Å². The Hall–Kier alpha value is -1.29. The Labute approximate surface area is 139 Å². The van der Waals surface area contributed by atoms with Crippen molar-refractivity contribution in [2.75, 3.05) is 13.1 Å². The summed E-state index contributed by atoms with van der Waals surface area (Å²) in [6.07, 6.45) is 6.57. The van der Waals surface area contributed by atoms with E-state index < -0.39 is 0 Å². The van der Waals surface area contributed by atoms with Crippen LogP contribution in [0.1, 0.15) is 42.6 Å². The molecule has 1 aliphatic carbocycles. The fourth-order valence-corrected chi connectivity index (χ4v) is 4.55. The van der Waals surface area contributed by atoms with Gasteiger partial charge in [0.15, 0.2) is 0 Å². The van der Waals surface area contributed by atoms with Gasteiger partial charge in [0.1, 0.15) is 5.69 Å². The molecular weight excluding hydrogens is 340 g/mol. The fourth-order valence-electron chi connectivity index (χ4n) is 4.17. The van der Waals surface area contributed by atoms with Crippen molar-refractivity contribution in [3.05, 3.63) is 34.4 Å². The standard InChI is InChI=1S/C18H21BrN2O/c19-15-5-6-16-14(9-15)10-17(20-16)18(22)21-8-7-12-3-1-2-4-13(12)11-21/h5-6,9-10,12-13,20H,1-4,7-8,11H2. The Morgan fingerprint density at radius 1 is 1.14 bits per heavy atom. The maximum absolute atomic E-state index is 12.8. The number of H-pyrrole nitrogens is 1. The van der Waals surface area contributed by atoms with Crippen LogP contribution in [-0.4, -0.2) is 28.9 Å². The summed E-state index contributed by atoms with van der Waals surface area (Å²) < 4.78 is 1.04. The molecule has 1 N–H and O–H groups in total. The monoisotopic (exact) mass is 360 g/mol. The van der Waals surface area contributed by atoms with Gasteiger partial charge in [-0.15, -0.1) is 0 Å². The van der Waals surface area contributed by atoms with Crippen LogP contribution in [0.3, 0.4) is 0 Å². The highest BCUT2D eigenvalue weighted by Gasteiger charge is 2.33. The van der Waals surface area contributed by atoms with E-state index >= 15 is 0 Å². The first kappa shape index (κ1) is 14.3. The zero-order chi connectivity index (χ0) is 15.1. The molecule has 2 aliphatic rings. The fraction of sp³-hybridized carbons (Fsp3) is 0.500. The number of aromatic amines is 1. The van der Waals surface area contributed by atoms with Crippen LogP contribution >= 0.6 is 15.9 Å². The van der Waals surface area contributed by atoms with Crippen LogP contribution in [0.25, 0.3) is 10.9 Å². The normalized spacial score (nSPS) is 25.2. The number of carbonyl (C=O) groups excluding carboxylic acids is 1. The Morgan fingerprint density at radius 2 is 1.95 bits per heavy atom. The van der Waals surface area contributed by atoms with Crippen LogP contribution in [0.5, 0.6) is 0 Å². The van der Waals surface area contributed by atoms with Crippen molar-refractivity contribution < 1.29 is 4.79 Å². The van der Waals surface area contributed by atoms with Crippen LogP contribution in [0.4, 0.5) is 0 Å². The van der Waals surface area contributed by atoms with Gasteiger partial charge in [0.05, 0.1) is 0 Å². The second-order valence-corrected chi connectivity index (χ2v) is 7.67. The molecule has 0 bridgehead atoms. The smallest absolute Gasteiger partial charge is 0.270 e. The number of hydrogen-bond donors (Lipinski definition) is 1. The average Bonchev–Trinajstić information content (AvgIpc) is 2.96. The van der Waals surface area contributed by atoms with Gasteiger partial charge in [-0.2, -0.15) is 0 Å². The molecule has 1 aromatic carbocycles. The lowest BCUT2D eigenvalue weighted by molar-refractivity contribution is 0.0516. The number of hydrogen-bond acceptors (Lipinski definition) is 1. The molecule has 2 atom stereocenters. The van der Waals surface area contributed by atoms with Gasteiger partial charge >= 0.3 is 0 Å². The van der Waals surface area contributed by atoms with Gasteiger partial charge in [0, 0.05) is 28.5 Å². The first-order valence-corrected chi connectivity index (χ1v) is 9.07. The molecule has 4 rings (SSSR count). The van der Waals surface area contributed by atoms with Crippen LogP contribution in [0, 0.1) is 11.8 Å². The molecule has 2 aromatic rings. The van der Waals surface area contributed by atoms with Crippen LogP contribution in [0.15, 0.2) is 28.7 Å². The molecular formula is C18H21BrN2O. The van der Waals surface area contributed by atoms with Crippen LogP contribution < -0.4 is 0 Å². The summed E-state index contributed by atoms with van der Waals surface area (Å²) in [5.74, 6) is 1.75. The number of nitrogens with one attached hydrogen (secondary N) is 1. The molecule has 1 saturated carbocycles. The second kappa shape index (κ2) is 5.73. The third-order valence-electron chi connectivity index (χ3n) is 5.39. The van der Waals surface area contributed by atoms with Crippen molar-refractivity contribution in [3.63, 3.8) is 0 Å². The van der Waals surface area contributed by atoms with Gasteiger partial charge < -0.3 is 9.88 Å². The highest BCUT2D eigenvalue weighted by Crippen LogP contribution is 2.36. The third kappa shape index (κ3) is 2.58. The summed E-state index contributed by atoms with van der Waals surface area (Å²) in [7, 11) is 0. The second-order valence-electron chi connectivity index (χ2n) is 6.76. The maximum atomic E-state index is 12.8. The number of amides is 1. The largest absolute Gasteiger partial charge is 0.351 e. The maximum Gasteiger partial charge on any atom is 0.270 e. The molecule has 2 heterocycles. The average molecular weight is 361 g/mol. The lowest BCUT2D eigenvalue weighted by Gasteiger charge is -2.41. The highest BCUT2D eigenvalue weighted by atomic mass is 79.9. The van der Waals surface area contributed by atoms with Crippen molar-refractivity contribution in [1.82, 2.24) is 9.88 Å². The highest BCUT2D eigenvalue weighted by molar-refractivity contribution is 9.10. The zero-order valence-corrected chi connectivity index (χ0v) is 14.2. The van der Waals surface area contributed by atoms with Crippen LogP contribution in [-0.2, 0) is 0 Å². The van der Waals surface area contributed by atoms with Gasteiger partial charge in [-0.25, -0.2) is 0 Å². The first-order chi connectivity index (χ1) is 10.7. The Balaban J connectivity index is 1.55. The van der Waals surface area contributed by atoms with Gasteiger partial charge in [0.25, 0.3) is 5.91 Å². The topological polar surface area (TPSA) is 36.1 Å². The molecule has 1 amide bonds. The SMILES string of the molecule is O=C(c1cc2cc(Br)ccc2[nH]1)N1CCC2CCCCC2C1. The Morgan fingerprint density at radius 3 is 2.82 bits per heavy atom. The van der Waals surface area contributed by atoms with E-state index in [4.69, 9.17) is 0 Å². The molecule has 4 heteroatoms. The Kier molecular flexibility index (Phi) is 3.73. The number of benzene rings is 1. The molecule has 1 aliphatic heterocycles. The molecule has 22 heavy (non-hydrogen) atoms. The lowest BCUT2D eigenvalue weighted by atomic mass is 9.75. The van der Waals surface area contributed by atoms with E-state index in [0.29, 0.717) is 0 Å².